The van der Waals surface area contributed by atoms with E-state index in [1.807, 2.05) is 25.3 Å². The summed E-state index contributed by atoms with van der Waals surface area (Å²) in [6, 6.07) is 12.4. The summed E-state index contributed by atoms with van der Waals surface area (Å²) in [5, 5.41) is 9.53. The molecule has 4 rings (SSSR count). The molecule has 3 aromatic rings. The molecule has 0 radical (unpaired) electrons. The summed E-state index contributed by atoms with van der Waals surface area (Å²) in [6.07, 6.45) is 0.753. The molecular formula is C29H36CsF3N2O3. The standard InChI is InChI=1S/C21H27F3N2O.C7H6O2.CH3.Cs/c1-4-16(21(22,23)24)12-15-6-9-26(10-7-15)13-18-17-5-8-25-20(17)14(2)11-19(18)27-3;8-7(9)6-4-2-1-3-5-6;;/h5-6,8,11,16,25H,4,7,9-10,12-13H2,1-3H3;1-5H,(H,8,9);1H3;/q;;-1;+1. The van der Waals surface area contributed by atoms with E-state index in [-0.39, 0.29) is 89.2 Å². The number of nitrogens with one attached hydrogen (secondary N) is 1. The molecule has 1 atom stereocenters. The van der Waals surface area contributed by atoms with Gasteiger partial charge in [0, 0.05) is 42.3 Å². The van der Waals surface area contributed by atoms with Crippen LogP contribution in [0.15, 0.2) is 60.3 Å². The number of aromatic amines is 1. The Bertz CT molecular complexity index is 1190. The quantitative estimate of drug-likeness (QED) is 0.294. The Morgan fingerprint density at radius 1 is 1.21 bits per heavy atom. The number of aryl methyl sites for hydroxylation is 1. The van der Waals surface area contributed by atoms with Crippen LogP contribution in [-0.2, 0) is 6.54 Å². The number of benzene rings is 2. The summed E-state index contributed by atoms with van der Waals surface area (Å²) in [4.78, 5) is 15.7. The van der Waals surface area contributed by atoms with Crippen molar-refractivity contribution in [3.05, 3.63) is 84.4 Å². The van der Waals surface area contributed by atoms with Crippen LogP contribution in [0.3, 0.4) is 0 Å². The summed E-state index contributed by atoms with van der Waals surface area (Å²) in [7, 11) is 1.67. The molecule has 9 heteroatoms. The van der Waals surface area contributed by atoms with Gasteiger partial charge in [0.1, 0.15) is 5.75 Å². The number of carboxylic acids is 1. The van der Waals surface area contributed by atoms with Crippen LogP contribution in [0.25, 0.3) is 10.9 Å². The molecule has 1 aliphatic heterocycles. The van der Waals surface area contributed by atoms with Crippen LogP contribution in [0.1, 0.15) is 47.7 Å². The van der Waals surface area contributed by atoms with E-state index in [4.69, 9.17) is 9.84 Å². The minimum Gasteiger partial charge on any atom is -0.496 e. The van der Waals surface area contributed by atoms with Crippen LogP contribution < -0.4 is 73.6 Å². The molecule has 2 aromatic carbocycles. The zero-order valence-electron chi connectivity index (χ0n) is 22.9. The van der Waals surface area contributed by atoms with Crippen molar-refractivity contribution in [2.45, 2.75) is 45.8 Å². The number of halogens is 3. The predicted octanol–water partition coefficient (Wildman–Crippen LogP) is 4.43. The van der Waals surface area contributed by atoms with Crippen molar-refractivity contribution >= 4 is 16.9 Å². The van der Waals surface area contributed by atoms with Gasteiger partial charge in [-0.3, -0.25) is 4.90 Å². The number of hydrogen-bond donors (Lipinski definition) is 2. The van der Waals surface area contributed by atoms with Crippen LogP contribution in [-0.4, -0.2) is 47.3 Å². The second-order valence-corrected chi connectivity index (χ2v) is 9.01. The molecule has 2 heterocycles. The number of nitrogens with zero attached hydrogens (tertiary/aromatic N) is 1. The van der Waals surface area contributed by atoms with Gasteiger partial charge in [-0.2, -0.15) is 13.2 Å². The van der Waals surface area contributed by atoms with Gasteiger partial charge < -0.3 is 22.3 Å². The second-order valence-electron chi connectivity index (χ2n) is 9.01. The number of aromatic nitrogens is 1. The summed E-state index contributed by atoms with van der Waals surface area (Å²) >= 11 is 0. The number of carbonyl (C=O) groups is 1. The maximum atomic E-state index is 13.0. The van der Waals surface area contributed by atoms with E-state index in [1.165, 1.54) is 0 Å². The summed E-state index contributed by atoms with van der Waals surface area (Å²) < 4.78 is 44.6. The largest absolute Gasteiger partial charge is 1.00 e. The first-order valence-corrected chi connectivity index (χ1v) is 12.0. The first kappa shape index (κ1) is 34.8. The van der Waals surface area contributed by atoms with E-state index in [0.717, 1.165) is 46.4 Å². The van der Waals surface area contributed by atoms with Gasteiger partial charge in [-0.25, -0.2) is 4.79 Å². The molecule has 0 saturated heterocycles. The molecule has 0 aliphatic carbocycles. The first-order chi connectivity index (χ1) is 17.1. The number of methoxy groups -OCH3 is 1. The monoisotopic (exact) mass is 650 g/mol. The molecule has 1 unspecified atom stereocenters. The SMILES string of the molecule is CCC(CC1=CCN(Cc2c(OC)cc(C)c3[nH]ccc23)CC1)C(F)(F)F.O=C(O)c1ccccc1.[CH3-].[Cs+]. The number of ether oxygens (including phenoxy) is 1. The molecule has 5 nitrogen and oxygen atoms in total. The van der Waals surface area contributed by atoms with Crippen molar-refractivity contribution in [1.29, 1.82) is 0 Å². The van der Waals surface area contributed by atoms with E-state index >= 15 is 0 Å². The Morgan fingerprint density at radius 3 is 2.39 bits per heavy atom. The minimum absolute atomic E-state index is 0. The number of carboxylic acid groups (broad SMARTS) is 1. The third-order valence-electron chi connectivity index (χ3n) is 6.59. The third kappa shape index (κ3) is 9.46. The zero-order valence-corrected chi connectivity index (χ0v) is 29.1. The average Bonchev–Trinajstić information content (AvgIpc) is 3.36. The number of rotatable bonds is 7. The van der Waals surface area contributed by atoms with Gasteiger partial charge in [0.2, 0.25) is 0 Å². The number of fused-ring (bicyclic) bond motifs is 1. The fourth-order valence-corrected chi connectivity index (χ4v) is 4.48. The first-order valence-electron chi connectivity index (χ1n) is 12.0. The molecule has 0 saturated carbocycles. The Kier molecular flexibility index (Phi) is 14.8. The zero-order chi connectivity index (χ0) is 26.3. The smallest absolute Gasteiger partial charge is 0.496 e. The van der Waals surface area contributed by atoms with Crippen molar-refractivity contribution in [3.8, 4) is 5.75 Å². The Balaban J connectivity index is 0.000000560. The van der Waals surface area contributed by atoms with Crippen molar-refractivity contribution in [2.75, 3.05) is 20.2 Å². The van der Waals surface area contributed by atoms with Gasteiger partial charge in [0.15, 0.2) is 0 Å². The molecule has 1 aliphatic rings. The number of hydrogen-bond acceptors (Lipinski definition) is 3. The Morgan fingerprint density at radius 2 is 1.89 bits per heavy atom. The molecular weight excluding hydrogens is 614 g/mol. The van der Waals surface area contributed by atoms with E-state index in [2.05, 4.69) is 16.0 Å². The van der Waals surface area contributed by atoms with E-state index in [9.17, 15) is 18.0 Å². The van der Waals surface area contributed by atoms with Crippen molar-refractivity contribution in [3.63, 3.8) is 0 Å². The average molecular weight is 651 g/mol. The third-order valence-corrected chi connectivity index (χ3v) is 6.59. The van der Waals surface area contributed by atoms with Gasteiger partial charge >= 0.3 is 81.0 Å². The molecule has 202 valence electrons. The fourth-order valence-electron chi connectivity index (χ4n) is 4.48. The van der Waals surface area contributed by atoms with Gasteiger partial charge in [0.25, 0.3) is 0 Å². The number of H-pyrrole nitrogens is 1. The molecule has 2 N–H and O–H groups in total. The fraction of sp³-hybridized carbons (Fsp3) is 0.379. The normalized spacial score (nSPS) is 14.3. The second kappa shape index (κ2) is 16.2. The maximum Gasteiger partial charge on any atom is 1.00 e. The molecule has 38 heavy (non-hydrogen) atoms. The van der Waals surface area contributed by atoms with Gasteiger partial charge in [-0.1, -0.05) is 36.8 Å². The van der Waals surface area contributed by atoms with E-state index in [1.54, 1.807) is 44.4 Å². The van der Waals surface area contributed by atoms with Crippen molar-refractivity contribution < 1.29 is 96.7 Å². The van der Waals surface area contributed by atoms with Crippen LogP contribution in [0, 0.1) is 20.3 Å². The number of aromatic carboxylic acids is 1. The molecule has 1 aromatic heterocycles. The van der Waals surface area contributed by atoms with Gasteiger partial charge in [-0.05, 0) is 56.0 Å². The number of alkyl halides is 3. The van der Waals surface area contributed by atoms with Gasteiger partial charge in [0.05, 0.1) is 18.6 Å². The summed E-state index contributed by atoms with van der Waals surface area (Å²) in [5.74, 6) is -1.25. The van der Waals surface area contributed by atoms with Crippen LogP contribution >= 0.6 is 0 Å². The van der Waals surface area contributed by atoms with Crippen molar-refractivity contribution in [1.82, 2.24) is 9.88 Å². The minimum atomic E-state index is -4.11. The summed E-state index contributed by atoms with van der Waals surface area (Å²) in [5.41, 5.74) is 4.62. The molecule has 0 bridgehead atoms. The molecule has 0 spiro atoms. The maximum absolute atomic E-state index is 13.0. The predicted molar refractivity (Wildman–Crippen MR) is 142 cm³/mol. The Hall–Kier alpha value is -1.21. The van der Waals surface area contributed by atoms with Crippen LogP contribution in [0.5, 0.6) is 5.75 Å². The van der Waals surface area contributed by atoms with Crippen LogP contribution in [0.4, 0.5) is 13.2 Å². The summed E-state index contributed by atoms with van der Waals surface area (Å²) in [6.45, 7) is 5.82. The molecule has 0 fully saturated rings. The van der Waals surface area contributed by atoms with Crippen molar-refractivity contribution in [2.24, 2.45) is 5.92 Å². The van der Waals surface area contributed by atoms with E-state index in [0.29, 0.717) is 18.5 Å². The van der Waals surface area contributed by atoms with E-state index < -0.39 is 18.1 Å². The Labute approximate surface area is 282 Å². The molecule has 0 amide bonds. The van der Waals surface area contributed by atoms with Crippen LogP contribution in [0.2, 0.25) is 0 Å². The van der Waals surface area contributed by atoms with Gasteiger partial charge in [-0.15, -0.1) is 0 Å². The topological polar surface area (TPSA) is 65.6 Å².